The Balaban J connectivity index is 0.930. The maximum Gasteiger partial charge on any atom is 0.136 e. The van der Waals surface area contributed by atoms with Gasteiger partial charge in [0.05, 0.1) is 11.0 Å². The summed E-state index contributed by atoms with van der Waals surface area (Å²) in [5.41, 5.74) is 17.9. The van der Waals surface area contributed by atoms with Crippen LogP contribution in [0, 0.1) is 0 Å². The van der Waals surface area contributed by atoms with E-state index in [1.165, 1.54) is 44.1 Å². The van der Waals surface area contributed by atoms with Gasteiger partial charge in [0.15, 0.2) is 0 Å². The minimum absolute atomic E-state index is 0.890. The number of furan rings is 1. The number of rotatable bonds is 8. The average Bonchev–Trinajstić information content (AvgIpc) is 3.91. The monoisotopic (exact) mass is 804 g/mol. The first-order valence-corrected chi connectivity index (χ1v) is 21.5. The number of hydrogen-bond donors (Lipinski definition) is 0. The van der Waals surface area contributed by atoms with Gasteiger partial charge in [-0.1, -0.05) is 158 Å². The highest BCUT2D eigenvalue weighted by atomic mass is 16.3. The molecule has 0 aliphatic heterocycles. The molecule has 0 aliphatic carbocycles. The lowest BCUT2D eigenvalue weighted by atomic mass is 9.98. The Morgan fingerprint density at radius 3 is 1.40 bits per heavy atom. The number of anilines is 3. The predicted octanol–water partition coefficient (Wildman–Crippen LogP) is 16.8. The van der Waals surface area contributed by atoms with Gasteiger partial charge in [-0.15, -0.1) is 0 Å². The fourth-order valence-electron chi connectivity index (χ4n) is 9.32. The van der Waals surface area contributed by atoms with Gasteiger partial charge in [0.1, 0.15) is 11.2 Å². The Morgan fingerprint density at radius 2 is 0.730 bits per heavy atom. The van der Waals surface area contributed by atoms with Crippen molar-refractivity contribution in [2.24, 2.45) is 0 Å². The summed E-state index contributed by atoms with van der Waals surface area (Å²) in [4.78, 5) is 2.35. The van der Waals surface area contributed by atoms with Crippen molar-refractivity contribution in [3.63, 3.8) is 0 Å². The van der Waals surface area contributed by atoms with E-state index in [1.807, 2.05) is 12.1 Å². The van der Waals surface area contributed by atoms with Crippen LogP contribution in [0.15, 0.2) is 247 Å². The molecule has 2 heterocycles. The number of fused-ring (bicyclic) bond motifs is 6. The fraction of sp³-hybridized carbons (Fsp3) is 0. The third kappa shape index (κ3) is 6.55. The number of hydrogen-bond acceptors (Lipinski definition) is 2. The molecule has 3 nitrogen and oxygen atoms in total. The maximum absolute atomic E-state index is 6.31. The third-order valence-corrected chi connectivity index (χ3v) is 12.4. The van der Waals surface area contributed by atoms with Crippen LogP contribution in [0.5, 0.6) is 0 Å². The molecule has 0 fully saturated rings. The van der Waals surface area contributed by atoms with Crippen LogP contribution in [-0.2, 0) is 0 Å². The van der Waals surface area contributed by atoms with E-state index in [1.54, 1.807) is 0 Å². The quantitative estimate of drug-likeness (QED) is 0.153. The Hall–Kier alpha value is -8.40. The second-order valence-electron chi connectivity index (χ2n) is 16.2. The number of aromatic nitrogens is 1. The maximum atomic E-state index is 6.31. The molecule has 0 radical (unpaired) electrons. The lowest BCUT2D eigenvalue weighted by molar-refractivity contribution is 0.669. The summed E-state index contributed by atoms with van der Waals surface area (Å²) >= 11 is 0. The molecule has 296 valence electrons. The zero-order valence-electron chi connectivity index (χ0n) is 34.4. The van der Waals surface area contributed by atoms with E-state index in [0.717, 1.165) is 66.9 Å². The second kappa shape index (κ2) is 15.3. The van der Waals surface area contributed by atoms with Gasteiger partial charge in [0.25, 0.3) is 0 Å². The highest BCUT2D eigenvalue weighted by Gasteiger charge is 2.17. The van der Waals surface area contributed by atoms with Crippen molar-refractivity contribution in [1.82, 2.24) is 4.57 Å². The molecule has 12 aromatic rings. The fourth-order valence-corrected chi connectivity index (χ4v) is 9.32. The minimum Gasteiger partial charge on any atom is -0.456 e. The predicted molar refractivity (Wildman–Crippen MR) is 264 cm³/mol. The van der Waals surface area contributed by atoms with Crippen LogP contribution in [0.4, 0.5) is 17.1 Å². The normalized spacial score (nSPS) is 11.5. The summed E-state index contributed by atoms with van der Waals surface area (Å²) in [7, 11) is 0. The molecular formula is C60H40N2O. The first-order chi connectivity index (χ1) is 31.2. The molecule has 0 N–H and O–H groups in total. The molecule has 0 saturated heterocycles. The SMILES string of the molecule is c1ccc(-c2cccc(-c3ccc(N(c4ccc(-c5cccc(-n6c7ccccc7c7ccccc76)c5)cc4)c4cccc(-c5ccc6c(c5)oc5ccccc56)c4)cc3)c2)cc1. The van der Waals surface area contributed by atoms with E-state index in [0.29, 0.717) is 0 Å². The van der Waals surface area contributed by atoms with Crippen LogP contribution >= 0.6 is 0 Å². The summed E-state index contributed by atoms with van der Waals surface area (Å²) in [6, 6.07) is 87.1. The lowest BCUT2D eigenvalue weighted by Crippen LogP contribution is -2.10. The van der Waals surface area contributed by atoms with Gasteiger partial charge in [0, 0.05) is 44.3 Å². The molecule has 0 unspecified atom stereocenters. The van der Waals surface area contributed by atoms with Crippen LogP contribution in [0.3, 0.4) is 0 Å². The first-order valence-electron chi connectivity index (χ1n) is 21.5. The molecule has 0 spiro atoms. The Kier molecular flexibility index (Phi) is 8.83. The van der Waals surface area contributed by atoms with Crippen molar-refractivity contribution >= 4 is 60.8 Å². The van der Waals surface area contributed by atoms with Crippen LogP contribution in [0.1, 0.15) is 0 Å². The standard InChI is InChI=1S/C60H40N2O/c1-2-13-41(14-3-1)44-15-10-16-45(37-44)42-27-32-49(33-28-42)61(51-19-12-18-47(39-51)48-31-36-56-55-23-6-9-26-59(55)63-60(56)40-48)50-34-29-43(30-35-50)46-17-11-20-52(38-46)62-57-24-7-4-21-53(57)54-22-5-8-25-58(54)62/h1-40H. The van der Waals surface area contributed by atoms with Gasteiger partial charge < -0.3 is 13.9 Å². The van der Waals surface area contributed by atoms with Crippen molar-refractivity contribution in [1.29, 1.82) is 0 Å². The molecule has 0 amide bonds. The summed E-state index contributed by atoms with van der Waals surface area (Å²) in [6.45, 7) is 0. The zero-order chi connectivity index (χ0) is 41.7. The van der Waals surface area contributed by atoms with E-state index in [4.69, 9.17) is 4.42 Å². The van der Waals surface area contributed by atoms with Crippen molar-refractivity contribution in [2.45, 2.75) is 0 Å². The largest absolute Gasteiger partial charge is 0.456 e. The van der Waals surface area contributed by atoms with Gasteiger partial charge in [-0.2, -0.15) is 0 Å². The zero-order valence-corrected chi connectivity index (χ0v) is 34.4. The van der Waals surface area contributed by atoms with Crippen molar-refractivity contribution < 1.29 is 4.42 Å². The molecule has 10 aromatic carbocycles. The van der Waals surface area contributed by atoms with Crippen molar-refractivity contribution in [2.75, 3.05) is 4.90 Å². The topological polar surface area (TPSA) is 21.3 Å². The van der Waals surface area contributed by atoms with Gasteiger partial charge in [-0.05, 0) is 129 Å². The Labute approximate surface area is 366 Å². The first kappa shape index (κ1) is 36.5. The summed E-state index contributed by atoms with van der Waals surface area (Å²) in [5.74, 6) is 0. The molecule has 12 rings (SSSR count). The summed E-state index contributed by atoms with van der Waals surface area (Å²) in [6.07, 6.45) is 0. The highest BCUT2D eigenvalue weighted by molar-refractivity contribution is 6.09. The lowest BCUT2D eigenvalue weighted by Gasteiger charge is -2.26. The minimum atomic E-state index is 0.890. The second-order valence-corrected chi connectivity index (χ2v) is 16.2. The van der Waals surface area contributed by atoms with E-state index in [2.05, 4.69) is 240 Å². The van der Waals surface area contributed by atoms with E-state index < -0.39 is 0 Å². The summed E-state index contributed by atoms with van der Waals surface area (Å²) in [5, 5.41) is 4.78. The molecule has 0 aliphatic rings. The summed E-state index contributed by atoms with van der Waals surface area (Å²) < 4.78 is 8.69. The van der Waals surface area contributed by atoms with Crippen LogP contribution in [0.25, 0.3) is 93.9 Å². The number of benzene rings is 10. The van der Waals surface area contributed by atoms with Crippen molar-refractivity contribution in [3.05, 3.63) is 243 Å². The molecule has 3 heteroatoms. The van der Waals surface area contributed by atoms with E-state index >= 15 is 0 Å². The smallest absolute Gasteiger partial charge is 0.136 e. The number of nitrogens with zero attached hydrogens (tertiary/aromatic N) is 2. The average molecular weight is 805 g/mol. The molecule has 2 aromatic heterocycles. The van der Waals surface area contributed by atoms with E-state index in [9.17, 15) is 0 Å². The molecule has 0 bridgehead atoms. The van der Waals surface area contributed by atoms with Crippen LogP contribution in [-0.4, -0.2) is 4.57 Å². The highest BCUT2D eigenvalue weighted by Crippen LogP contribution is 2.40. The van der Waals surface area contributed by atoms with E-state index in [-0.39, 0.29) is 0 Å². The van der Waals surface area contributed by atoms with Crippen LogP contribution in [0.2, 0.25) is 0 Å². The van der Waals surface area contributed by atoms with Gasteiger partial charge in [0.2, 0.25) is 0 Å². The third-order valence-electron chi connectivity index (χ3n) is 12.4. The van der Waals surface area contributed by atoms with Gasteiger partial charge in [-0.25, -0.2) is 0 Å². The van der Waals surface area contributed by atoms with Crippen LogP contribution < -0.4 is 4.90 Å². The van der Waals surface area contributed by atoms with Gasteiger partial charge in [-0.3, -0.25) is 0 Å². The molecular weight excluding hydrogens is 765 g/mol. The Bertz CT molecular complexity index is 3560. The molecule has 0 atom stereocenters. The Morgan fingerprint density at radius 1 is 0.270 bits per heavy atom. The van der Waals surface area contributed by atoms with Gasteiger partial charge >= 0.3 is 0 Å². The van der Waals surface area contributed by atoms with Crippen molar-refractivity contribution in [3.8, 4) is 50.2 Å². The molecule has 63 heavy (non-hydrogen) atoms. The number of para-hydroxylation sites is 3. The molecule has 0 saturated carbocycles.